The van der Waals surface area contributed by atoms with Crippen molar-refractivity contribution in [1.29, 1.82) is 0 Å². The van der Waals surface area contributed by atoms with Gasteiger partial charge in [0.25, 0.3) is 0 Å². The predicted octanol–water partition coefficient (Wildman–Crippen LogP) is 2.75. The fraction of sp³-hybridized carbons (Fsp3) is 0.562. The van der Waals surface area contributed by atoms with Gasteiger partial charge < -0.3 is 10.1 Å². The first-order chi connectivity index (χ1) is 9.30. The van der Waals surface area contributed by atoms with Gasteiger partial charge in [0.2, 0.25) is 5.91 Å². The van der Waals surface area contributed by atoms with Gasteiger partial charge in [0.05, 0.1) is 5.54 Å². The van der Waals surface area contributed by atoms with E-state index in [1.165, 1.54) is 18.4 Å². The van der Waals surface area contributed by atoms with E-state index in [-0.39, 0.29) is 17.6 Å². The molecule has 19 heavy (non-hydrogen) atoms. The normalized spacial score (nSPS) is 25.4. The maximum absolute atomic E-state index is 12.3. The van der Waals surface area contributed by atoms with Crippen LogP contribution in [0.3, 0.4) is 0 Å². The number of benzene rings is 1. The Morgan fingerprint density at radius 3 is 2.53 bits per heavy atom. The van der Waals surface area contributed by atoms with Crippen molar-refractivity contribution in [3.05, 3.63) is 35.9 Å². The molecular formula is C16H21NO2. The lowest BCUT2D eigenvalue weighted by atomic mass is 9.88. The Bertz CT molecular complexity index is 431. The zero-order valence-electron chi connectivity index (χ0n) is 11.2. The van der Waals surface area contributed by atoms with Crippen LogP contribution in [0.25, 0.3) is 0 Å². The highest BCUT2D eigenvalue weighted by molar-refractivity contribution is 5.82. The minimum absolute atomic E-state index is 0.0725. The van der Waals surface area contributed by atoms with Crippen molar-refractivity contribution >= 4 is 5.91 Å². The molecule has 0 bridgehead atoms. The molecule has 1 saturated heterocycles. The molecule has 0 spiro atoms. The molecule has 0 radical (unpaired) electrons. The van der Waals surface area contributed by atoms with Gasteiger partial charge in [-0.2, -0.15) is 0 Å². The van der Waals surface area contributed by atoms with E-state index in [2.05, 4.69) is 17.4 Å². The highest BCUT2D eigenvalue weighted by atomic mass is 16.5. The molecule has 3 rings (SSSR count). The minimum Gasteiger partial charge on any atom is -0.368 e. The summed E-state index contributed by atoms with van der Waals surface area (Å²) in [7, 11) is 0. The first kappa shape index (κ1) is 12.7. The standard InChI is InChI=1S/C16H21NO2/c18-15(14-9-6-12-19-14)17-16(10-4-5-11-16)13-7-2-1-3-8-13/h1-3,7-8,14H,4-6,9-12H2,(H,17,18). The largest absolute Gasteiger partial charge is 0.368 e. The van der Waals surface area contributed by atoms with E-state index in [1.807, 2.05) is 18.2 Å². The van der Waals surface area contributed by atoms with Crippen LogP contribution in [-0.2, 0) is 15.1 Å². The molecule has 1 unspecified atom stereocenters. The molecule has 1 N–H and O–H groups in total. The molecule has 2 fully saturated rings. The highest BCUT2D eigenvalue weighted by Crippen LogP contribution is 2.38. The van der Waals surface area contributed by atoms with Gasteiger partial charge in [0.15, 0.2) is 0 Å². The lowest BCUT2D eigenvalue weighted by molar-refractivity contribution is -0.132. The molecule has 2 aliphatic rings. The monoisotopic (exact) mass is 259 g/mol. The van der Waals surface area contributed by atoms with Gasteiger partial charge in [-0.05, 0) is 31.2 Å². The quantitative estimate of drug-likeness (QED) is 0.906. The minimum atomic E-state index is -0.235. The summed E-state index contributed by atoms with van der Waals surface area (Å²) in [5.41, 5.74) is 1.07. The second kappa shape index (κ2) is 5.33. The number of rotatable bonds is 3. The summed E-state index contributed by atoms with van der Waals surface area (Å²) in [5, 5.41) is 3.29. The van der Waals surface area contributed by atoms with Crippen LogP contribution in [-0.4, -0.2) is 18.6 Å². The highest BCUT2D eigenvalue weighted by Gasteiger charge is 2.38. The first-order valence-corrected chi connectivity index (χ1v) is 7.29. The lowest BCUT2D eigenvalue weighted by Crippen LogP contribution is -2.47. The van der Waals surface area contributed by atoms with Gasteiger partial charge in [-0.15, -0.1) is 0 Å². The van der Waals surface area contributed by atoms with Crippen LogP contribution in [0.2, 0.25) is 0 Å². The van der Waals surface area contributed by atoms with Gasteiger partial charge in [-0.1, -0.05) is 43.2 Å². The number of hydrogen-bond acceptors (Lipinski definition) is 2. The Hall–Kier alpha value is -1.35. The molecule has 1 aromatic rings. The number of amides is 1. The van der Waals surface area contributed by atoms with Crippen LogP contribution < -0.4 is 5.32 Å². The van der Waals surface area contributed by atoms with Gasteiger partial charge in [-0.25, -0.2) is 0 Å². The molecule has 1 amide bonds. The second-order valence-corrected chi connectivity index (χ2v) is 5.65. The van der Waals surface area contributed by atoms with E-state index in [4.69, 9.17) is 4.74 Å². The molecule has 1 heterocycles. The van der Waals surface area contributed by atoms with Crippen molar-refractivity contribution in [3.8, 4) is 0 Å². The van der Waals surface area contributed by atoms with Crippen molar-refractivity contribution in [1.82, 2.24) is 5.32 Å². The van der Waals surface area contributed by atoms with Gasteiger partial charge in [0, 0.05) is 6.61 Å². The van der Waals surface area contributed by atoms with E-state index >= 15 is 0 Å². The number of carbonyl (C=O) groups is 1. The van der Waals surface area contributed by atoms with E-state index in [1.54, 1.807) is 0 Å². The van der Waals surface area contributed by atoms with Crippen LogP contribution >= 0.6 is 0 Å². The number of carbonyl (C=O) groups excluding carboxylic acids is 1. The van der Waals surface area contributed by atoms with Crippen LogP contribution in [0.15, 0.2) is 30.3 Å². The summed E-state index contributed by atoms with van der Waals surface area (Å²) in [6.45, 7) is 0.719. The van der Waals surface area contributed by atoms with E-state index < -0.39 is 0 Å². The maximum atomic E-state index is 12.3. The van der Waals surface area contributed by atoms with Crippen molar-refractivity contribution in [2.75, 3.05) is 6.61 Å². The van der Waals surface area contributed by atoms with Crippen molar-refractivity contribution in [2.45, 2.75) is 50.2 Å². The van der Waals surface area contributed by atoms with E-state index in [0.29, 0.717) is 0 Å². The maximum Gasteiger partial charge on any atom is 0.249 e. The average Bonchev–Trinajstić information content (AvgIpc) is 3.11. The van der Waals surface area contributed by atoms with E-state index in [9.17, 15) is 4.79 Å². The topological polar surface area (TPSA) is 38.3 Å². The molecule has 102 valence electrons. The Kier molecular flexibility index (Phi) is 3.56. The SMILES string of the molecule is O=C(NC1(c2ccccc2)CCCC1)C1CCCO1. The van der Waals surface area contributed by atoms with E-state index in [0.717, 1.165) is 32.3 Å². The summed E-state index contributed by atoms with van der Waals surface area (Å²) in [5.74, 6) is 0.0725. The summed E-state index contributed by atoms with van der Waals surface area (Å²) < 4.78 is 5.49. The molecule has 1 aliphatic carbocycles. The number of ether oxygens (including phenoxy) is 1. The van der Waals surface area contributed by atoms with Gasteiger partial charge >= 0.3 is 0 Å². The lowest BCUT2D eigenvalue weighted by Gasteiger charge is -2.32. The molecule has 3 heteroatoms. The predicted molar refractivity (Wildman–Crippen MR) is 73.7 cm³/mol. The Labute approximate surface area is 114 Å². The second-order valence-electron chi connectivity index (χ2n) is 5.65. The molecule has 1 aliphatic heterocycles. The van der Waals surface area contributed by atoms with Crippen molar-refractivity contribution in [2.24, 2.45) is 0 Å². The van der Waals surface area contributed by atoms with Crippen LogP contribution in [0, 0.1) is 0 Å². The molecule has 1 atom stereocenters. The zero-order chi connectivity index (χ0) is 13.1. The summed E-state index contributed by atoms with van der Waals surface area (Å²) in [6.07, 6.45) is 6.06. The molecule has 1 saturated carbocycles. The third kappa shape index (κ3) is 2.52. The molecule has 1 aromatic carbocycles. The van der Waals surface area contributed by atoms with Gasteiger partial charge in [-0.3, -0.25) is 4.79 Å². The van der Waals surface area contributed by atoms with Crippen LogP contribution in [0.4, 0.5) is 0 Å². The molecule has 0 aromatic heterocycles. The average molecular weight is 259 g/mol. The van der Waals surface area contributed by atoms with Gasteiger partial charge in [0.1, 0.15) is 6.10 Å². The number of hydrogen-bond donors (Lipinski definition) is 1. The Morgan fingerprint density at radius 1 is 1.16 bits per heavy atom. The van der Waals surface area contributed by atoms with Crippen LogP contribution in [0.5, 0.6) is 0 Å². The Morgan fingerprint density at radius 2 is 1.89 bits per heavy atom. The fourth-order valence-corrected chi connectivity index (χ4v) is 3.32. The molecule has 3 nitrogen and oxygen atoms in total. The summed E-state index contributed by atoms with van der Waals surface area (Å²) in [6, 6.07) is 10.4. The third-order valence-corrected chi connectivity index (χ3v) is 4.37. The Balaban J connectivity index is 1.79. The smallest absolute Gasteiger partial charge is 0.249 e. The van der Waals surface area contributed by atoms with Crippen LogP contribution in [0.1, 0.15) is 44.1 Å². The fourth-order valence-electron chi connectivity index (χ4n) is 3.32. The molecular weight excluding hydrogens is 238 g/mol. The summed E-state index contributed by atoms with van der Waals surface area (Å²) >= 11 is 0. The van der Waals surface area contributed by atoms with Crippen molar-refractivity contribution < 1.29 is 9.53 Å². The summed E-state index contributed by atoms with van der Waals surface area (Å²) in [4.78, 5) is 12.3. The zero-order valence-corrected chi connectivity index (χ0v) is 11.2. The number of nitrogens with one attached hydrogen (secondary N) is 1. The third-order valence-electron chi connectivity index (χ3n) is 4.37. The van der Waals surface area contributed by atoms with Crippen molar-refractivity contribution in [3.63, 3.8) is 0 Å². The first-order valence-electron chi connectivity index (χ1n) is 7.29.